The second-order valence-corrected chi connectivity index (χ2v) is 8.13. The lowest BCUT2D eigenvalue weighted by Crippen LogP contribution is -2.29. The molecule has 2 heterocycles. The van der Waals surface area contributed by atoms with Gasteiger partial charge < -0.3 is 4.74 Å². The van der Waals surface area contributed by atoms with Crippen molar-refractivity contribution in [2.75, 3.05) is 26.7 Å². The van der Waals surface area contributed by atoms with Gasteiger partial charge >= 0.3 is 0 Å². The Kier molecular flexibility index (Phi) is 7.00. The van der Waals surface area contributed by atoms with Gasteiger partial charge in [-0.05, 0) is 67.3 Å². The summed E-state index contributed by atoms with van der Waals surface area (Å²) < 4.78 is 7.37. The molecule has 156 valence electrons. The molecular weight excluding hydrogens is 394 g/mol. The number of methoxy groups -OCH3 is 1. The maximum absolute atomic E-state index is 6.00. The maximum Gasteiger partial charge on any atom is 0.0885 e. The lowest BCUT2D eigenvalue weighted by atomic mass is 9.99. The van der Waals surface area contributed by atoms with Crippen LogP contribution in [0.15, 0.2) is 66.7 Å². The van der Waals surface area contributed by atoms with E-state index in [0.29, 0.717) is 6.61 Å². The third kappa shape index (κ3) is 5.20. The number of para-hydroxylation sites is 1. The molecule has 1 aliphatic heterocycles. The molecule has 0 amide bonds. The molecule has 1 aromatic heterocycles. The van der Waals surface area contributed by atoms with Crippen LogP contribution in [0.25, 0.3) is 11.3 Å². The second-order valence-electron chi connectivity index (χ2n) is 7.70. The molecule has 1 aliphatic rings. The molecule has 0 radical (unpaired) electrons. The summed E-state index contributed by atoms with van der Waals surface area (Å²) in [6, 6.07) is 20.6. The van der Waals surface area contributed by atoms with Crippen molar-refractivity contribution < 1.29 is 4.74 Å². The number of hydrogen-bond donors (Lipinski definition) is 0. The van der Waals surface area contributed by atoms with E-state index in [4.69, 9.17) is 21.4 Å². The smallest absolute Gasteiger partial charge is 0.0885 e. The van der Waals surface area contributed by atoms with Gasteiger partial charge in [-0.15, -0.1) is 0 Å². The van der Waals surface area contributed by atoms with E-state index < -0.39 is 0 Å². The molecule has 0 unspecified atom stereocenters. The fourth-order valence-corrected chi connectivity index (χ4v) is 4.09. The van der Waals surface area contributed by atoms with Gasteiger partial charge in [0.1, 0.15) is 0 Å². The number of aromatic nitrogens is 2. The summed E-state index contributed by atoms with van der Waals surface area (Å²) >= 11 is 6.00. The molecule has 4 rings (SSSR count). The van der Waals surface area contributed by atoms with Crippen LogP contribution in [-0.4, -0.2) is 41.4 Å². The summed E-state index contributed by atoms with van der Waals surface area (Å²) in [5.41, 5.74) is 6.00. The Balaban J connectivity index is 1.32. The summed E-state index contributed by atoms with van der Waals surface area (Å²) in [7, 11) is 1.73. The van der Waals surface area contributed by atoms with Crippen molar-refractivity contribution in [1.82, 2.24) is 14.7 Å². The number of halogens is 1. The topological polar surface area (TPSA) is 30.3 Å². The molecule has 5 heteroatoms. The first-order chi connectivity index (χ1) is 14.7. The zero-order valence-corrected chi connectivity index (χ0v) is 18.2. The van der Waals surface area contributed by atoms with Crippen molar-refractivity contribution in [3.8, 4) is 5.69 Å². The maximum atomic E-state index is 6.00. The SMILES string of the molecule is COCc1cc(CCCN2CC=C(c3ccc(Cl)cc3)CC2)nn1-c1ccccc1. The van der Waals surface area contributed by atoms with Gasteiger partial charge in [0.25, 0.3) is 0 Å². The summed E-state index contributed by atoms with van der Waals surface area (Å²) in [6.45, 7) is 3.75. The van der Waals surface area contributed by atoms with Crippen molar-refractivity contribution in [2.45, 2.75) is 25.9 Å². The summed E-state index contributed by atoms with van der Waals surface area (Å²) in [5.74, 6) is 0. The molecule has 0 saturated carbocycles. The van der Waals surface area contributed by atoms with Gasteiger partial charge in [0.05, 0.1) is 23.7 Å². The van der Waals surface area contributed by atoms with Crippen LogP contribution >= 0.6 is 11.6 Å². The Labute approximate surface area is 183 Å². The highest BCUT2D eigenvalue weighted by Crippen LogP contribution is 2.24. The first-order valence-electron chi connectivity index (χ1n) is 10.5. The molecule has 2 aromatic carbocycles. The van der Waals surface area contributed by atoms with E-state index in [1.807, 2.05) is 35.0 Å². The number of aryl methyl sites for hydroxylation is 1. The Hall–Kier alpha value is -2.40. The molecule has 0 bridgehead atoms. The lowest BCUT2D eigenvalue weighted by Gasteiger charge is -2.26. The van der Waals surface area contributed by atoms with Crippen LogP contribution < -0.4 is 0 Å². The van der Waals surface area contributed by atoms with Crippen LogP contribution in [0.2, 0.25) is 5.02 Å². The van der Waals surface area contributed by atoms with Gasteiger partial charge in [-0.2, -0.15) is 5.10 Å². The van der Waals surface area contributed by atoms with Gasteiger partial charge in [0, 0.05) is 25.2 Å². The molecular formula is C25H28ClN3O. The third-order valence-corrected chi connectivity index (χ3v) is 5.79. The number of rotatable bonds is 8. The Morgan fingerprint density at radius 3 is 2.57 bits per heavy atom. The van der Waals surface area contributed by atoms with E-state index in [1.165, 1.54) is 11.1 Å². The number of ether oxygens (including phenoxy) is 1. The molecule has 0 spiro atoms. The Bertz CT molecular complexity index is 979. The molecule has 0 N–H and O–H groups in total. The summed E-state index contributed by atoms with van der Waals surface area (Å²) in [6.07, 6.45) is 5.51. The van der Waals surface area contributed by atoms with Gasteiger partial charge in [0.2, 0.25) is 0 Å². The van der Waals surface area contributed by atoms with E-state index in [2.05, 4.69) is 41.3 Å². The molecule has 0 atom stereocenters. The zero-order valence-electron chi connectivity index (χ0n) is 17.4. The standard InChI is InChI=1S/C25H28ClN3O/c1-30-19-25-18-23(27-29(25)24-7-3-2-4-8-24)6-5-15-28-16-13-21(14-17-28)20-9-11-22(26)12-10-20/h2-4,7-13,18H,5-6,14-17,19H2,1H3. The molecule has 0 fully saturated rings. The van der Waals surface area contributed by atoms with Gasteiger partial charge in [-0.25, -0.2) is 4.68 Å². The van der Waals surface area contributed by atoms with E-state index in [0.717, 1.165) is 61.0 Å². The summed E-state index contributed by atoms with van der Waals surface area (Å²) in [4.78, 5) is 2.52. The van der Waals surface area contributed by atoms with E-state index >= 15 is 0 Å². The fraction of sp³-hybridized carbons (Fsp3) is 0.320. The highest BCUT2D eigenvalue weighted by molar-refractivity contribution is 6.30. The first kappa shape index (κ1) is 20.9. The van der Waals surface area contributed by atoms with Crippen molar-refractivity contribution in [2.24, 2.45) is 0 Å². The number of hydrogen-bond acceptors (Lipinski definition) is 3. The molecule has 3 aromatic rings. The highest BCUT2D eigenvalue weighted by atomic mass is 35.5. The largest absolute Gasteiger partial charge is 0.378 e. The predicted molar refractivity (Wildman–Crippen MR) is 123 cm³/mol. The normalized spacial score (nSPS) is 14.7. The van der Waals surface area contributed by atoms with Crippen LogP contribution in [0.4, 0.5) is 0 Å². The van der Waals surface area contributed by atoms with Crippen LogP contribution in [0, 0.1) is 0 Å². The van der Waals surface area contributed by atoms with Crippen LogP contribution in [-0.2, 0) is 17.8 Å². The minimum Gasteiger partial charge on any atom is -0.378 e. The highest BCUT2D eigenvalue weighted by Gasteiger charge is 2.14. The van der Waals surface area contributed by atoms with Crippen molar-refractivity contribution >= 4 is 17.2 Å². The van der Waals surface area contributed by atoms with Crippen molar-refractivity contribution in [3.63, 3.8) is 0 Å². The predicted octanol–water partition coefficient (Wildman–Crippen LogP) is 5.39. The fourth-order valence-electron chi connectivity index (χ4n) is 3.96. The van der Waals surface area contributed by atoms with Crippen LogP contribution in [0.1, 0.15) is 29.8 Å². The van der Waals surface area contributed by atoms with Gasteiger partial charge in [-0.3, -0.25) is 4.90 Å². The average Bonchev–Trinajstić information content (AvgIpc) is 3.18. The van der Waals surface area contributed by atoms with Gasteiger partial charge in [0.15, 0.2) is 0 Å². The first-order valence-corrected chi connectivity index (χ1v) is 10.9. The number of nitrogens with zero attached hydrogens (tertiary/aromatic N) is 3. The van der Waals surface area contributed by atoms with Crippen molar-refractivity contribution in [3.05, 3.63) is 88.7 Å². The lowest BCUT2D eigenvalue weighted by molar-refractivity contribution is 0.179. The molecule has 4 nitrogen and oxygen atoms in total. The Morgan fingerprint density at radius 1 is 1.07 bits per heavy atom. The zero-order chi connectivity index (χ0) is 20.8. The second kappa shape index (κ2) is 10.1. The number of benzene rings is 2. The van der Waals surface area contributed by atoms with Crippen molar-refractivity contribution in [1.29, 1.82) is 0 Å². The molecule has 30 heavy (non-hydrogen) atoms. The van der Waals surface area contributed by atoms with E-state index in [-0.39, 0.29) is 0 Å². The van der Waals surface area contributed by atoms with Crippen LogP contribution in [0.5, 0.6) is 0 Å². The van der Waals surface area contributed by atoms with E-state index in [9.17, 15) is 0 Å². The monoisotopic (exact) mass is 421 g/mol. The van der Waals surface area contributed by atoms with Gasteiger partial charge in [-0.1, -0.05) is 48.0 Å². The quantitative estimate of drug-likeness (QED) is 0.488. The minimum absolute atomic E-state index is 0.562. The molecule has 0 aliphatic carbocycles. The minimum atomic E-state index is 0.562. The third-order valence-electron chi connectivity index (χ3n) is 5.54. The van der Waals surface area contributed by atoms with E-state index in [1.54, 1.807) is 7.11 Å². The van der Waals surface area contributed by atoms with Crippen LogP contribution in [0.3, 0.4) is 0 Å². The summed E-state index contributed by atoms with van der Waals surface area (Å²) in [5, 5.41) is 5.63. The average molecular weight is 422 g/mol. The Morgan fingerprint density at radius 2 is 1.87 bits per heavy atom. The molecule has 0 saturated heterocycles.